The second-order valence-corrected chi connectivity index (χ2v) is 9.38. The third-order valence-electron chi connectivity index (χ3n) is 7.11. The third-order valence-corrected chi connectivity index (χ3v) is 7.11. The Morgan fingerprint density at radius 3 is 2.46 bits per heavy atom. The van der Waals surface area contributed by atoms with Crippen LogP contribution in [0.4, 0.5) is 0 Å². The minimum Gasteiger partial charge on any atom is -0.507 e. The molecule has 0 saturated carbocycles. The second-order valence-electron chi connectivity index (χ2n) is 9.38. The van der Waals surface area contributed by atoms with Crippen LogP contribution < -0.4 is 10.3 Å². The molecule has 3 aromatic rings. The van der Waals surface area contributed by atoms with Gasteiger partial charge in [0.1, 0.15) is 11.5 Å². The minimum absolute atomic E-state index is 0.0420. The second kappa shape index (κ2) is 11.6. The van der Waals surface area contributed by atoms with Crippen molar-refractivity contribution in [2.75, 3.05) is 33.9 Å². The molecule has 1 atom stereocenters. The van der Waals surface area contributed by atoms with Gasteiger partial charge < -0.3 is 19.1 Å². The Morgan fingerprint density at radius 2 is 1.77 bits per heavy atom. The number of aromatic nitrogens is 1. The SMILES string of the molecule is COCCn1c(C)cc(O)c(C(c2cccc(OC)c2)N2CCC(Cc3ccccc3)CC2)c1=O. The first kappa shape index (κ1) is 25.0. The average Bonchev–Trinajstić information content (AvgIpc) is 2.87. The monoisotopic (exact) mass is 476 g/mol. The fraction of sp³-hybridized carbons (Fsp3) is 0.414. The number of ether oxygens (including phenoxy) is 2. The number of hydrogen-bond acceptors (Lipinski definition) is 5. The Hall–Kier alpha value is -3.09. The van der Waals surface area contributed by atoms with Gasteiger partial charge in [-0.3, -0.25) is 9.69 Å². The highest BCUT2D eigenvalue weighted by Crippen LogP contribution is 2.36. The number of hydrogen-bond donors (Lipinski definition) is 1. The van der Waals surface area contributed by atoms with Crippen LogP contribution in [0.5, 0.6) is 11.5 Å². The highest BCUT2D eigenvalue weighted by Gasteiger charge is 2.32. The molecule has 6 heteroatoms. The molecule has 2 aromatic carbocycles. The van der Waals surface area contributed by atoms with Crippen molar-refractivity contribution >= 4 is 0 Å². The van der Waals surface area contributed by atoms with Gasteiger partial charge in [0.15, 0.2) is 0 Å². The molecule has 0 radical (unpaired) electrons. The van der Waals surface area contributed by atoms with Crippen molar-refractivity contribution < 1.29 is 14.6 Å². The van der Waals surface area contributed by atoms with Gasteiger partial charge in [-0.2, -0.15) is 0 Å². The number of pyridine rings is 1. The van der Waals surface area contributed by atoms with Gasteiger partial charge >= 0.3 is 0 Å². The molecule has 1 aliphatic rings. The van der Waals surface area contributed by atoms with Crippen LogP contribution in [0.3, 0.4) is 0 Å². The molecule has 1 N–H and O–H groups in total. The van der Waals surface area contributed by atoms with Gasteiger partial charge in [0, 0.05) is 19.3 Å². The summed E-state index contributed by atoms with van der Waals surface area (Å²) in [6.45, 7) is 4.42. The lowest BCUT2D eigenvalue weighted by atomic mass is 9.87. The molecular formula is C29H36N2O4. The van der Waals surface area contributed by atoms with Crippen molar-refractivity contribution in [3.63, 3.8) is 0 Å². The van der Waals surface area contributed by atoms with E-state index in [4.69, 9.17) is 9.47 Å². The van der Waals surface area contributed by atoms with E-state index in [0.717, 1.165) is 49.4 Å². The molecule has 4 rings (SSSR count). The van der Waals surface area contributed by atoms with Crippen LogP contribution in [0.1, 0.15) is 41.3 Å². The van der Waals surface area contributed by atoms with Crippen LogP contribution in [0.15, 0.2) is 65.5 Å². The molecule has 1 fully saturated rings. The molecule has 6 nitrogen and oxygen atoms in total. The maximum absolute atomic E-state index is 13.7. The third kappa shape index (κ3) is 5.77. The van der Waals surface area contributed by atoms with Crippen molar-refractivity contribution in [3.05, 3.63) is 93.4 Å². The van der Waals surface area contributed by atoms with Crippen molar-refractivity contribution in [1.82, 2.24) is 9.47 Å². The van der Waals surface area contributed by atoms with Gasteiger partial charge in [-0.25, -0.2) is 0 Å². The van der Waals surface area contributed by atoms with Crippen LogP contribution in [0.2, 0.25) is 0 Å². The van der Waals surface area contributed by atoms with Crippen LogP contribution in [0, 0.1) is 12.8 Å². The maximum atomic E-state index is 13.7. The molecule has 1 saturated heterocycles. The van der Waals surface area contributed by atoms with Crippen LogP contribution in [-0.4, -0.2) is 48.5 Å². The summed E-state index contributed by atoms with van der Waals surface area (Å²) >= 11 is 0. The Kier molecular flexibility index (Phi) is 8.26. The quantitative estimate of drug-likeness (QED) is 0.491. The summed E-state index contributed by atoms with van der Waals surface area (Å²) in [7, 11) is 3.27. The fourth-order valence-electron chi connectivity index (χ4n) is 5.22. The molecule has 35 heavy (non-hydrogen) atoms. The van der Waals surface area contributed by atoms with E-state index in [1.54, 1.807) is 24.9 Å². The molecule has 1 unspecified atom stereocenters. The van der Waals surface area contributed by atoms with E-state index >= 15 is 0 Å². The summed E-state index contributed by atoms with van der Waals surface area (Å²) < 4.78 is 12.4. The number of aryl methyl sites for hydroxylation is 1. The van der Waals surface area contributed by atoms with Crippen molar-refractivity contribution in [1.29, 1.82) is 0 Å². The Morgan fingerprint density at radius 1 is 1.03 bits per heavy atom. The summed E-state index contributed by atoms with van der Waals surface area (Å²) in [5.41, 5.74) is 3.28. The lowest BCUT2D eigenvalue weighted by molar-refractivity contribution is 0.147. The summed E-state index contributed by atoms with van der Waals surface area (Å²) in [6.07, 6.45) is 3.15. The molecule has 1 aromatic heterocycles. The Labute approximate surface area is 207 Å². The first-order chi connectivity index (χ1) is 17.0. The standard InChI is InChI=1S/C29H36N2O4/c1-21-18-26(32)27(29(33)31(21)16-17-34-2)28(24-10-7-11-25(20-24)35-3)30-14-12-23(13-15-30)19-22-8-5-4-6-9-22/h4-11,18,20,23,28,32H,12-17,19H2,1-3H3. The van der Waals surface area contributed by atoms with Gasteiger partial charge in [0.05, 0.1) is 25.3 Å². The van der Waals surface area contributed by atoms with E-state index < -0.39 is 0 Å². The molecule has 0 aliphatic carbocycles. The van der Waals surface area contributed by atoms with Crippen molar-refractivity contribution in [2.24, 2.45) is 5.92 Å². The lowest BCUT2D eigenvalue weighted by Crippen LogP contribution is -2.41. The van der Waals surface area contributed by atoms with Gasteiger partial charge in [0.2, 0.25) is 0 Å². The Balaban J connectivity index is 1.68. The lowest BCUT2D eigenvalue weighted by Gasteiger charge is -2.38. The summed E-state index contributed by atoms with van der Waals surface area (Å²) in [5, 5.41) is 11.1. The van der Waals surface area contributed by atoms with Crippen molar-refractivity contribution in [2.45, 2.75) is 38.8 Å². The highest BCUT2D eigenvalue weighted by molar-refractivity contribution is 5.43. The van der Waals surface area contributed by atoms with Gasteiger partial charge in [0.25, 0.3) is 5.56 Å². The zero-order chi connectivity index (χ0) is 24.8. The number of aromatic hydroxyl groups is 1. The zero-order valence-corrected chi connectivity index (χ0v) is 20.9. The number of rotatable bonds is 9. The Bertz CT molecular complexity index is 1170. The maximum Gasteiger partial charge on any atom is 0.259 e. The normalized spacial score (nSPS) is 15.7. The average molecular weight is 477 g/mol. The van der Waals surface area contributed by atoms with Gasteiger partial charge in [-0.05, 0) is 74.5 Å². The van der Waals surface area contributed by atoms with Gasteiger partial charge in [-0.15, -0.1) is 0 Å². The van der Waals surface area contributed by atoms with E-state index in [1.165, 1.54) is 5.56 Å². The molecule has 1 aliphatic heterocycles. The van der Waals surface area contributed by atoms with E-state index in [1.807, 2.05) is 31.2 Å². The number of likely N-dealkylation sites (tertiary alicyclic amines) is 1. The smallest absolute Gasteiger partial charge is 0.259 e. The van der Waals surface area contributed by atoms with Crippen LogP contribution in [0.25, 0.3) is 0 Å². The largest absolute Gasteiger partial charge is 0.507 e. The molecule has 0 bridgehead atoms. The first-order valence-electron chi connectivity index (χ1n) is 12.4. The molecule has 186 valence electrons. The number of nitrogens with zero attached hydrogens (tertiary/aromatic N) is 2. The van der Waals surface area contributed by atoms with E-state index in [9.17, 15) is 9.90 Å². The summed E-state index contributed by atoms with van der Waals surface area (Å²) in [6, 6.07) is 19.8. The molecule has 0 spiro atoms. The van der Waals surface area contributed by atoms with E-state index in [2.05, 4.69) is 35.2 Å². The van der Waals surface area contributed by atoms with Crippen LogP contribution in [-0.2, 0) is 17.7 Å². The molecule has 0 amide bonds. The van der Waals surface area contributed by atoms with E-state index in [-0.39, 0.29) is 17.4 Å². The predicted molar refractivity (Wildman–Crippen MR) is 138 cm³/mol. The summed E-state index contributed by atoms with van der Waals surface area (Å²) in [4.78, 5) is 16.1. The first-order valence-corrected chi connectivity index (χ1v) is 12.4. The number of benzene rings is 2. The minimum atomic E-state index is -0.357. The zero-order valence-electron chi connectivity index (χ0n) is 20.9. The number of piperidine rings is 1. The predicted octanol–water partition coefficient (Wildman–Crippen LogP) is 4.56. The molecule has 2 heterocycles. The molecular weight excluding hydrogens is 440 g/mol. The van der Waals surface area contributed by atoms with Gasteiger partial charge in [-0.1, -0.05) is 42.5 Å². The number of methoxy groups -OCH3 is 2. The highest BCUT2D eigenvalue weighted by atomic mass is 16.5. The topological polar surface area (TPSA) is 63.9 Å². The van der Waals surface area contributed by atoms with Crippen molar-refractivity contribution in [3.8, 4) is 11.5 Å². The fourth-order valence-corrected chi connectivity index (χ4v) is 5.22. The van der Waals surface area contributed by atoms with E-state index in [0.29, 0.717) is 24.6 Å². The summed E-state index contributed by atoms with van der Waals surface area (Å²) in [5.74, 6) is 1.38. The van der Waals surface area contributed by atoms with Crippen LogP contribution >= 0.6 is 0 Å².